The molecule has 0 amide bonds. The van der Waals surface area contributed by atoms with Gasteiger partial charge in [0.25, 0.3) is 0 Å². The first-order valence-corrected chi connectivity index (χ1v) is 6.54. The van der Waals surface area contributed by atoms with Crippen LogP contribution in [0, 0.1) is 13.8 Å². The van der Waals surface area contributed by atoms with Gasteiger partial charge < -0.3 is 5.32 Å². The summed E-state index contributed by atoms with van der Waals surface area (Å²) in [6.07, 6.45) is 2.74. The van der Waals surface area contributed by atoms with Crippen molar-refractivity contribution in [3.05, 3.63) is 23.4 Å². The van der Waals surface area contributed by atoms with Gasteiger partial charge in [-0.15, -0.1) is 11.8 Å². The maximum atomic E-state index is 4.50. The number of pyridine rings is 1. The van der Waals surface area contributed by atoms with Crippen molar-refractivity contribution < 1.29 is 0 Å². The van der Waals surface area contributed by atoms with Crippen molar-refractivity contribution in [1.82, 2.24) is 10.3 Å². The van der Waals surface area contributed by atoms with Crippen LogP contribution in [0.1, 0.15) is 24.1 Å². The minimum absolute atomic E-state index is 0.817. The Hall–Kier alpha value is -0.540. The lowest BCUT2D eigenvalue weighted by Crippen LogP contribution is -2.19. The zero-order chi connectivity index (χ0) is 10.7. The lowest BCUT2D eigenvalue weighted by atomic mass is 10.3. The summed E-state index contributed by atoms with van der Waals surface area (Å²) >= 11 is 1.84. The third-order valence-corrected chi connectivity index (χ3v) is 3.35. The molecule has 1 aromatic heterocycles. The molecule has 1 N–H and O–H groups in total. The summed E-state index contributed by atoms with van der Waals surface area (Å²) in [5.41, 5.74) is 2.42. The standard InChI is InChI=1S/C12H18N2S/c1-9-7-10(2)14-12(8-9)15-6-5-13-11-3-4-11/h7-8,11,13H,3-6H2,1-2H3. The van der Waals surface area contributed by atoms with Gasteiger partial charge in [0, 0.05) is 24.0 Å². The van der Waals surface area contributed by atoms with E-state index in [0.717, 1.165) is 29.1 Å². The molecule has 0 radical (unpaired) electrons. The Bertz CT molecular complexity index is 314. The zero-order valence-electron chi connectivity index (χ0n) is 9.42. The van der Waals surface area contributed by atoms with Crippen molar-refractivity contribution in [3.8, 4) is 0 Å². The van der Waals surface area contributed by atoms with Crippen LogP contribution in [0.25, 0.3) is 0 Å². The van der Waals surface area contributed by atoms with E-state index in [1.165, 1.54) is 18.4 Å². The monoisotopic (exact) mass is 222 g/mol. The second kappa shape index (κ2) is 4.99. The Morgan fingerprint density at radius 2 is 2.20 bits per heavy atom. The summed E-state index contributed by atoms with van der Waals surface area (Å²) < 4.78 is 0. The van der Waals surface area contributed by atoms with Crippen LogP contribution in [0.4, 0.5) is 0 Å². The van der Waals surface area contributed by atoms with Gasteiger partial charge in [-0.2, -0.15) is 0 Å². The number of hydrogen-bond acceptors (Lipinski definition) is 3. The van der Waals surface area contributed by atoms with Gasteiger partial charge in [-0.05, 0) is 44.4 Å². The average Bonchev–Trinajstić information content (AvgIpc) is 2.94. The third-order valence-electron chi connectivity index (χ3n) is 2.44. The molecule has 1 saturated carbocycles. The van der Waals surface area contributed by atoms with Crippen LogP contribution in [0.2, 0.25) is 0 Å². The minimum atomic E-state index is 0.817. The van der Waals surface area contributed by atoms with Gasteiger partial charge in [0.2, 0.25) is 0 Å². The van der Waals surface area contributed by atoms with Gasteiger partial charge in [-0.25, -0.2) is 4.98 Å². The van der Waals surface area contributed by atoms with E-state index in [4.69, 9.17) is 0 Å². The van der Waals surface area contributed by atoms with E-state index in [-0.39, 0.29) is 0 Å². The number of hydrogen-bond donors (Lipinski definition) is 1. The normalized spacial score (nSPS) is 15.6. The van der Waals surface area contributed by atoms with Crippen LogP contribution in [-0.2, 0) is 0 Å². The Morgan fingerprint density at radius 3 is 2.87 bits per heavy atom. The number of nitrogens with one attached hydrogen (secondary N) is 1. The number of thioether (sulfide) groups is 1. The summed E-state index contributed by atoms with van der Waals surface area (Å²) in [5, 5.41) is 4.66. The first-order valence-electron chi connectivity index (χ1n) is 5.55. The largest absolute Gasteiger partial charge is 0.313 e. The SMILES string of the molecule is Cc1cc(C)nc(SCCNC2CC2)c1. The second-order valence-corrected chi connectivity index (χ2v) is 5.32. The van der Waals surface area contributed by atoms with Crippen LogP contribution in [0.15, 0.2) is 17.2 Å². The van der Waals surface area contributed by atoms with Crippen LogP contribution < -0.4 is 5.32 Å². The molecular weight excluding hydrogens is 204 g/mol. The Labute approximate surface area is 95.9 Å². The van der Waals surface area contributed by atoms with Gasteiger partial charge in [0.05, 0.1) is 5.03 Å². The molecular formula is C12H18N2S. The van der Waals surface area contributed by atoms with E-state index in [9.17, 15) is 0 Å². The Balaban J connectivity index is 1.76. The molecule has 2 nitrogen and oxygen atoms in total. The van der Waals surface area contributed by atoms with Crippen LogP contribution >= 0.6 is 11.8 Å². The van der Waals surface area contributed by atoms with Gasteiger partial charge in [-0.1, -0.05) is 0 Å². The molecule has 0 atom stereocenters. The smallest absolute Gasteiger partial charge is 0.0966 e. The molecule has 0 bridgehead atoms. The van der Waals surface area contributed by atoms with E-state index in [2.05, 4.69) is 36.3 Å². The second-order valence-electron chi connectivity index (χ2n) is 4.20. The molecule has 0 aromatic carbocycles. The van der Waals surface area contributed by atoms with E-state index in [1.54, 1.807) is 0 Å². The van der Waals surface area contributed by atoms with Gasteiger partial charge in [-0.3, -0.25) is 0 Å². The summed E-state index contributed by atoms with van der Waals surface area (Å²) in [4.78, 5) is 4.50. The van der Waals surface area contributed by atoms with Gasteiger partial charge >= 0.3 is 0 Å². The molecule has 0 unspecified atom stereocenters. The fraction of sp³-hybridized carbons (Fsp3) is 0.583. The van der Waals surface area contributed by atoms with Crippen molar-refractivity contribution in [3.63, 3.8) is 0 Å². The van der Waals surface area contributed by atoms with Gasteiger partial charge in [0.15, 0.2) is 0 Å². The third kappa shape index (κ3) is 3.84. The Kier molecular flexibility index (Phi) is 3.65. The molecule has 15 heavy (non-hydrogen) atoms. The van der Waals surface area contributed by atoms with Crippen LogP contribution in [0.5, 0.6) is 0 Å². The van der Waals surface area contributed by atoms with Gasteiger partial charge in [0.1, 0.15) is 0 Å². The zero-order valence-corrected chi connectivity index (χ0v) is 10.2. The van der Waals surface area contributed by atoms with E-state index >= 15 is 0 Å². The van der Waals surface area contributed by atoms with Crippen LogP contribution in [0.3, 0.4) is 0 Å². The maximum Gasteiger partial charge on any atom is 0.0966 e. The molecule has 1 aromatic rings. The molecule has 2 rings (SSSR count). The number of aryl methyl sites for hydroxylation is 2. The number of nitrogens with zero attached hydrogens (tertiary/aromatic N) is 1. The van der Waals surface area contributed by atoms with Crippen molar-refractivity contribution in [2.45, 2.75) is 37.8 Å². The maximum absolute atomic E-state index is 4.50. The molecule has 1 heterocycles. The van der Waals surface area contributed by atoms with Crippen molar-refractivity contribution in [2.75, 3.05) is 12.3 Å². The number of rotatable bonds is 5. The average molecular weight is 222 g/mol. The lowest BCUT2D eigenvalue weighted by molar-refractivity contribution is 0.726. The molecule has 0 spiro atoms. The predicted molar refractivity (Wildman–Crippen MR) is 65.5 cm³/mol. The topological polar surface area (TPSA) is 24.9 Å². The first-order chi connectivity index (χ1) is 7.24. The quantitative estimate of drug-likeness (QED) is 0.612. The molecule has 1 aliphatic rings. The lowest BCUT2D eigenvalue weighted by Gasteiger charge is -2.04. The first kappa shape index (κ1) is 11.0. The molecule has 3 heteroatoms. The summed E-state index contributed by atoms with van der Waals surface area (Å²) in [6.45, 7) is 5.28. The highest BCUT2D eigenvalue weighted by atomic mass is 32.2. The molecule has 1 aliphatic carbocycles. The van der Waals surface area contributed by atoms with E-state index in [1.807, 2.05) is 11.8 Å². The van der Waals surface area contributed by atoms with Crippen LogP contribution in [-0.4, -0.2) is 23.3 Å². The molecule has 0 saturated heterocycles. The Morgan fingerprint density at radius 1 is 1.40 bits per heavy atom. The highest BCUT2D eigenvalue weighted by Crippen LogP contribution is 2.20. The summed E-state index contributed by atoms with van der Waals surface area (Å²) in [6, 6.07) is 5.10. The fourth-order valence-electron chi connectivity index (χ4n) is 1.58. The highest BCUT2D eigenvalue weighted by Gasteiger charge is 2.19. The summed E-state index contributed by atoms with van der Waals surface area (Å²) in [5.74, 6) is 1.12. The van der Waals surface area contributed by atoms with E-state index < -0.39 is 0 Å². The predicted octanol–water partition coefficient (Wildman–Crippen LogP) is 2.54. The molecule has 1 fully saturated rings. The van der Waals surface area contributed by atoms with Crippen molar-refractivity contribution >= 4 is 11.8 Å². The number of aromatic nitrogens is 1. The van der Waals surface area contributed by atoms with E-state index in [0.29, 0.717) is 0 Å². The van der Waals surface area contributed by atoms with Crippen molar-refractivity contribution in [2.24, 2.45) is 0 Å². The van der Waals surface area contributed by atoms with Crippen molar-refractivity contribution in [1.29, 1.82) is 0 Å². The minimum Gasteiger partial charge on any atom is -0.313 e. The molecule has 0 aliphatic heterocycles. The fourth-order valence-corrected chi connectivity index (χ4v) is 2.49. The summed E-state index contributed by atoms with van der Waals surface area (Å²) in [7, 11) is 0. The highest BCUT2D eigenvalue weighted by molar-refractivity contribution is 7.99. The molecule has 82 valence electrons.